The highest BCUT2D eigenvalue weighted by Crippen LogP contribution is 2.46. The Bertz CT molecular complexity index is 1520. The number of nitrogens with one attached hydrogen (secondary N) is 2. The van der Waals surface area contributed by atoms with Crippen LogP contribution in [0.15, 0.2) is 42.6 Å². The van der Waals surface area contributed by atoms with E-state index in [2.05, 4.69) is 15.6 Å². The highest BCUT2D eigenvalue weighted by molar-refractivity contribution is 6.15. The fraction of sp³-hybridized carbons (Fsp3) is 0.321. The monoisotopic (exact) mass is 572 g/mol. The third-order valence-electron chi connectivity index (χ3n) is 7.19. The van der Waals surface area contributed by atoms with Crippen LogP contribution in [0.1, 0.15) is 30.9 Å². The van der Waals surface area contributed by atoms with Gasteiger partial charge in [-0.15, -0.1) is 0 Å². The molecule has 3 aromatic rings. The van der Waals surface area contributed by atoms with Crippen LogP contribution in [0.4, 0.5) is 49.6 Å². The zero-order valence-electron chi connectivity index (χ0n) is 21.8. The van der Waals surface area contributed by atoms with Crippen LogP contribution in [0.2, 0.25) is 0 Å². The molecule has 41 heavy (non-hydrogen) atoms. The lowest BCUT2D eigenvalue weighted by molar-refractivity contribution is -0.137. The van der Waals surface area contributed by atoms with Gasteiger partial charge < -0.3 is 15.7 Å². The smallest absolute Gasteiger partial charge is 0.392 e. The molecule has 5 rings (SSSR count). The normalized spacial score (nSPS) is 18.2. The summed E-state index contributed by atoms with van der Waals surface area (Å²) in [5, 5.41) is 25.2. The number of rotatable bonds is 7. The molecule has 1 aliphatic carbocycles. The van der Waals surface area contributed by atoms with Gasteiger partial charge in [-0.05, 0) is 50.1 Å². The number of halogens is 5. The van der Waals surface area contributed by atoms with Crippen molar-refractivity contribution in [3.05, 3.63) is 65.4 Å². The molecule has 1 aliphatic heterocycles. The number of benzene rings is 2. The Balaban J connectivity index is 1.57. The number of carbonyl (C=O) groups excluding carboxylic acids is 1. The second kappa shape index (κ2) is 10.9. The second-order valence-corrected chi connectivity index (χ2v) is 9.72. The summed E-state index contributed by atoms with van der Waals surface area (Å²) in [6.45, 7) is 2.19. The lowest BCUT2D eigenvalue weighted by Gasteiger charge is -2.33. The van der Waals surface area contributed by atoms with E-state index in [4.69, 9.17) is 0 Å². The molecule has 3 N–H and O–H groups in total. The Morgan fingerprint density at radius 1 is 1.10 bits per heavy atom. The van der Waals surface area contributed by atoms with E-state index < -0.39 is 41.2 Å². The predicted molar refractivity (Wildman–Crippen MR) is 142 cm³/mol. The molecule has 2 heterocycles. The number of aromatic nitrogens is 1. The molecule has 8 nitrogen and oxygen atoms in total. The Labute approximate surface area is 232 Å². The Morgan fingerprint density at radius 3 is 2.41 bits per heavy atom. The number of alkyl halides is 3. The molecule has 2 atom stereocenters. The number of hydrogen-bond acceptors (Lipinski definition) is 6. The van der Waals surface area contributed by atoms with E-state index in [0.717, 1.165) is 40.8 Å². The first kappa shape index (κ1) is 28.3. The van der Waals surface area contributed by atoms with Crippen molar-refractivity contribution in [2.24, 2.45) is 0 Å². The Kier molecular flexibility index (Phi) is 7.54. The number of urea groups is 1. The van der Waals surface area contributed by atoms with E-state index in [9.17, 15) is 28.3 Å². The lowest BCUT2D eigenvalue weighted by atomic mass is 9.89. The van der Waals surface area contributed by atoms with Gasteiger partial charge in [0.15, 0.2) is 11.6 Å². The predicted octanol–water partition coefficient (Wildman–Crippen LogP) is 5.54. The number of hydrogen-bond donors (Lipinski definition) is 3. The Morgan fingerprint density at radius 2 is 1.83 bits per heavy atom. The summed E-state index contributed by atoms with van der Waals surface area (Å²) >= 11 is 0. The van der Waals surface area contributed by atoms with Crippen LogP contribution in [0.5, 0.6) is 0 Å². The summed E-state index contributed by atoms with van der Waals surface area (Å²) in [6, 6.07) is 7.60. The number of fused-ring (bicyclic) bond motifs is 3. The molecule has 0 radical (unpaired) electrons. The van der Waals surface area contributed by atoms with E-state index in [1.807, 2.05) is 6.07 Å². The first-order valence-corrected chi connectivity index (χ1v) is 12.9. The van der Waals surface area contributed by atoms with E-state index in [1.54, 1.807) is 6.92 Å². The van der Waals surface area contributed by atoms with Crippen LogP contribution < -0.4 is 20.4 Å². The second-order valence-electron chi connectivity index (χ2n) is 9.72. The van der Waals surface area contributed by atoms with E-state index in [0.29, 0.717) is 19.3 Å². The molecule has 0 bridgehead atoms. The Hall–Kier alpha value is -4.28. The van der Waals surface area contributed by atoms with Gasteiger partial charge in [0.05, 0.1) is 29.0 Å². The molecule has 2 aliphatic rings. The lowest BCUT2D eigenvalue weighted by Crippen LogP contribution is -2.49. The number of amides is 2. The summed E-state index contributed by atoms with van der Waals surface area (Å²) in [5.74, 6) is -2.34. The van der Waals surface area contributed by atoms with E-state index in [1.165, 1.54) is 18.2 Å². The van der Waals surface area contributed by atoms with Crippen LogP contribution in [0, 0.1) is 23.0 Å². The molecule has 13 heteroatoms. The summed E-state index contributed by atoms with van der Waals surface area (Å²) in [4.78, 5) is 19.5. The van der Waals surface area contributed by atoms with Gasteiger partial charge in [-0.1, -0.05) is 6.07 Å². The quantitative estimate of drug-likeness (QED) is 0.254. The number of aliphatic hydroxyl groups is 1. The van der Waals surface area contributed by atoms with Gasteiger partial charge in [-0.3, -0.25) is 9.80 Å². The molecular weight excluding hydrogens is 547 g/mol. The van der Waals surface area contributed by atoms with Gasteiger partial charge in [0.2, 0.25) is 0 Å². The number of nitriles is 1. The summed E-state index contributed by atoms with van der Waals surface area (Å²) in [6.07, 6.45) is -3.00. The maximum Gasteiger partial charge on any atom is 0.417 e. The van der Waals surface area contributed by atoms with Gasteiger partial charge >= 0.3 is 12.2 Å². The third-order valence-corrected chi connectivity index (χ3v) is 7.19. The van der Waals surface area contributed by atoms with Gasteiger partial charge in [-0.25, -0.2) is 18.6 Å². The first-order chi connectivity index (χ1) is 19.5. The standard InChI is InChI=1S/C28H25F5N6O2/c1-2-38-26-19(10-16(14-37-26)28(31,32)33)18-4-3-15(13-34)9-23(18)39(27(38)41)25-20(29)11-17(12-21(25)30)35-7-8-36-22-5-6-24(22)40/h3-4,9-12,14,22,24,35-36,40H,2,5-8H2,1H3/t22-,24-/m1/s1. The number of pyridine rings is 1. The maximum absolute atomic E-state index is 15.6. The zero-order chi connectivity index (χ0) is 29.5. The van der Waals surface area contributed by atoms with Crippen molar-refractivity contribution in [3.8, 4) is 17.2 Å². The average Bonchev–Trinajstić information content (AvgIpc) is 3.02. The minimum Gasteiger partial charge on any atom is -0.392 e. The van der Waals surface area contributed by atoms with Crippen LogP contribution in [0.3, 0.4) is 0 Å². The van der Waals surface area contributed by atoms with Gasteiger partial charge in [0.1, 0.15) is 11.5 Å². The third kappa shape index (κ3) is 5.28. The van der Waals surface area contributed by atoms with Crippen LogP contribution in [-0.4, -0.2) is 47.9 Å². The fourth-order valence-electron chi connectivity index (χ4n) is 4.92. The zero-order valence-corrected chi connectivity index (χ0v) is 21.8. The number of nitrogens with zero attached hydrogens (tertiary/aromatic N) is 4. The molecule has 2 amide bonds. The molecule has 0 unspecified atom stereocenters. The molecule has 1 saturated carbocycles. The molecule has 214 valence electrons. The van der Waals surface area contributed by atoms with Crippen molar-refractivity contribution in [1.29, 1.82) is 5.26 Å². The van der Waals surface area contributed by atoms with Crippen molar-refractivity contribution in [2.45, 2.75) is 38.1 Å². The first-order valence-electron chi connectivity index (χ1n) is 12.9. The molecule has 0 spiro atoms. The highest BCUT2D eigenvalue weighted by Gasteiger charge is 2.39. The van der Waals surface area contributed by atoms with Crippen molar-refractivity contribution >= 4 is 28.9 Å². The summed E-state index contributed by atoms with van der Waals surface area (Å²) in [5.41, 5.74) is -1.93. The molecule has 1 aromatic heterocycles. The summed E-state index contributed by atoms with van der Waals surface area (Å²) < 4.78 is 72.0. The fourth-order valence-corrected chi connectivity index (χ4v) is 4.92. The topological polar surface area (TPSA) is 105 Å². The number of aliphatic hydroxyl groups excluding tert-OH is 1. The number of carbonyl (C=O) groups is 1. The van der Waals surface area contributed by atoms with Gasteiger partial charge in [0, 0.05) is 48.7 Å². The molecule has 0 saturated heterocycles. The van der Waals surface area contributed by atoms with Crippen LogP contribution >= 0.6 is 0 Å². The minimum atomic E-state index is -4.74. The van der Waals surface area contributed by atoms with E-state index in [-0.39, 0.29) is 46.5 Å². The van der Waals surface area contributed by atoms with Crippen molar-refractivity contribution in [1.82, 2.24) is 10.3 Å². The van der Waals surface area contributed by atoms with E-state index >= 15 is 8.78 Å². The van der Waals surface area contributed by atoms with Crippen molar-refractivity contribution in [3.63, 3.8) is 0 Å². The minimum absolute atomic E-state index is 0.0209. The SMILES string of the molecule is CCN1C(=O)N(c2c(F)cc(NCCN[C@@H]3CC[C@H]3O)cc2F)c2cc(C#N)ccc2-c2cc(C(F)(F)F)cnc21. The van der Waals surface area contributed by atoms with Crippen molar-refractivity contribution < 1.29 is 31.9 Å². The summed E-state index contributed by atoms with van der Waals surface area (Å²) in [7, 11) is 0. The van der Waals surface area contributed by atoms with Crippen molar-refractivity contribution in [2.75, 3.05) is 34.8 Å². The van der Waals surface area contributed by atoms with Gasteiger partial charge in [-0.2, -0.15) is 18.4 Å². The largest absolute Gasteiger partial charge is 0.417 e. The number of anilines is 4. The average molecular weight is 573 g/mol. The van der Waals surface area contributed by atoms with Crippen LogP contribution in [0.25, 0.3) is 11.1 Å². The van der Waals surface area contributed by atoms with Crippen LogP contribution in [-0.2, 0) is 6.18 Å². The highest BCUT2D eigenvalue weighted by atomic mass is 19.4. The molecule has 2 aromatic carbocycles. The molecule has 1 fully saturated rings. The molecular formula is C28H25F5N6O2. The van der Waals surface area contributed by atoms with Gasteiger partial charge in [0.25, 0.3) is 0 Å². The maximum atomic E-state index is 15.6.